The molecule has 2 aromatic rings. The largest absolute Gasteiger partial charge is 0.497 e. The van der Waals surface area contributed by atoms with Crippen molar-refractivity contribution in [1.82, 2.24) is 10.2 Å². The lowest BCUT2D eigenvalue weighted by molar-refractivity contribution is 0.0553. The van der Waals surface area contributed by atoms with Gasteiger partial charge in [-0.1, -0.05) is 6.07 Å². The quantitative estimate of drug-likeness (QED) is 0.377. The lowest BCUT2D eigenvalue weighted by Crippen LogP contribution is -2.44. The first-order valence-electron chi connectivity index (χ1n) is 12.8. The van der Waals surface area contributed by atoms with Gasteiger partial charge in [0.2, 0.25) is 0 Å². The van der Waals surface area contributed by atoms with E-state index in [9.17, 15) is 9.59 Å². The fourth-order valence-corrected chi connectivity index (χ4v) is 4.27. The van der Waals surface area contributed by atoms with Crippen LogP contribution in [0.5, 0.6) is 17.2 Å². The van der Waals surface area contributed by atoms with Crippen LogP contribution < -0.4 is 24.8 Å². The van der Waals surface area contributed by atoms with Gasteiger partial charge < -0.3 is 33.9 Å². The Kier molecular flexibility index (Phi) is 11.0. The third-order valence-electron chi connectivity index (χ3n) is 6.33. The number of anilines is 1. The minimum Gasteiger partial charge on any atom is -0.497 e. The number of benzene rings is 2. The van der Waals surface area contributed by atoms with Crippen molar-refractivity contribution in [3.63, 3.8) is 0 Å². The van der Waals surface area contributed by atoms with Crippen LogP contribution in [0, 0.1) is 5.92 Å². The molecule has 208 valence electrons. The molecule has 1 fully saturated rings. The normalized spacial score (nSPS) is 16.7. The molecule has 10 heteroatoms. The maximum atomic E-state index is 13.6. The summed E-state index contributed by atoms with van der Waals surface area (Å²) in [6, 6.07) is 12.2. The van der Waals surface area contributed by atoms with Crippen LogP contribution >= 0.6 is 0 Å². The van der Waals surface area contributed by atoms with Gasteiger partial charge in [-0.15, -0.1) is 0 Å². The van der Waals surface area contributed by atoms with Crippen molar-refractivity contribution >= 4 is 17.7 Å². The number of amides is 2. The van der Waals surface area contributed by atoms with Crippen molar-refractivity contribution in [1.29, 1.82) is 0 Å². The molecule has 1 unspecified atom stereocenters. The summed E-state index contributed by atoms with van der Waals surface area (Å²) < 4.78 is 27.3. The molecule has 0 saturated carbocycles. The lowest BCUT2D eigenvalue weighted by atomic mass is 10.0. The molecule has 0 aliphatic carbocycles. The Bertz CT molecular complexity index is 1060. The van der Waals surface area contributed by atoms with E-state index in [0.29, 0.717) is 61.3 Å². The molecule has 0 spiro atoms. The van der Waals surface area contributed by atoms with Gasteiger partial charge >= 0.3 is 6.09 Å². The highest BCUT2D eigenvalue weighted by molar-refractivity contribution is 5.95. The Hall–Kier alpha value is -3.50. The van der Waals surface area contributed by atoms with E-state index in [0.717, 1.165) is 6.42 Å². The maximum Gasteiger partial charge on any atom is 0.411 e. The Balaban J connectivity index is 1.66. The number of rotatable bonds is 13. The van der Waals surface area contributed by atoms with Crippen LogP contribution in [0.15, 0.2) is 42.5 Å². The molecule has 1 saturated heterocycles. The zero-order valence-corrected chi connectivity index (χ0v) is 22.8. The fraction of sp³-hybridized carbons (Fsp3) is 0.500. The molecule has 38 heavy (non-hydrogen) atoms. The molecule has 0 radical (unpaired) electrons. The molecule has 1 aliphatic rings. The molecule has 2 N–H and O–H groups in total. The Morgan fingerprint density at radius 2 is 1.84 bits per heavy atom. The number of nitrogens with zero attached hydrogens (tertiary/aromatic N) is 1. The molecule has 10 nitrogen and oxygen atoms in total. The van der Waals surface area contributed by atoms with Crippen LogP contribution in [0.25, 0.3) is 0 Å². The van der Waals surface area contributed by atoms with Crippen LogP contribution in [0.3, 0.4) is 0 Å². The zero-order chi connectivity index (χ0) is 27.5. The summed E-state index contributed by atoms with van der Waals surface area (Å²) >= 11 is 0. The summed E-state index contributed by atoms with van der Waals surface area (Å²) in [6.45, 7) is 6.53. The first-order valence-corrected chi connectivity index (χ1v) is 12.8. The van der Waals surface area contributed by atoms with Gasteiger partial charge in [-0.25, -0.2) is 4.79 Å². The van der Waals surface area contributed by atoms with E-state index in [-0.39, 0.29) is 24.0 Å². The third-order valence-corrected chi connectivity index (χ3v) is 6.33. The van der Waals surface area contributed by atoms with Gasteiger partial charge in [-0.05, 0) is 44.2 Å². The van der Waals surface area contributed by atoms with E-state index in [1.165, 1.54) is 0 Å². The van der Waals surface area contributed by atoms with Crippen LogP contribution in [0.4, 0.5) is 10.5 Å². The molecule has 0 aromatic heterocycles. The van der Waals surface area contributed by atoms with Crippen molar-refractivity contribution in [2.75, 3.05) is 59.5 Å². The minimum absolute atomic E-state index is 0.0671. The summed E-state index contributed by atoms with van der Waals surface area (Å²) in [5.41, 5.74) is 1.08. The summed E-state index contributed by atoms with van der Waals surface area (Å²) in [5, 5.41) is 6.03. The van der Waals surface area contributed by atoms with E-state index < -0.39 is 6.09 Å². The van der Waals surface area contributed by atoms with Gasteiger partial charge in [0.15, 0.2) is 11.5 Å². The second-order valence-electron chi connectivity index (χ2n) is 9.33. The van der Waals surface area contributed by atoms with Gasteiger partial charge in [-0.3, -0.25) is 10.1 Å². The molecule has 1 heterocycles. The van der Waals surface area contributed by atoms with Gasteiger partial charge in [0.05, 0.1) is 20.8 Å². The number of methoxy groups -OCH3 is 3. The summed E-state index contributed by atoms with van der Waals surface area (Å²) in [6.07, 6.45) is -0.216. The Morgan fingerprint density at radius 3 is 2.55 bits per heavy atom. The summed E-state index contributed by atoms with van der Waals surface area (Å²) in [7, 11) is 4.77. The smallest absolute Gasteiger partial charge is 0.411 e. The van der Waals surface area contributed by atoms with Gasteiger partial charge in [0, 0.05) is 69.0 Å². The predicted octanol–water partition coefficient (Wildman–Crippen LogP) is 3.81. The van der Waals surface area contributed by atoms with E-state index in [4.69, 9.17) is 23.7 Å². The highest BCUT2D eigenvalue weighted by Crippen LogP contribution is 2.29. The monoisotopic (exact) mass is 529 g/mol. The lowest BCUT2D eigenvalue weighted by Gasteiger charge is -2.31. The van der Waals surface area contributed by atoms with Gasteiger partial charge in [0.25, 0.3) is 5.91 Å². The number of carbonyl (C=O) groups excluding carboxylic acids is 2. The van der Waals surface area contributed by atoms with E-state index in [1.54, 1.807) is 68.7 Å². The third kappa shape index (κ3) is 8.00. The number of hydrogen-bond acceptors (Lipinski definition) is 8. The molecular formula is C28H39N3O7. The Morgan fingerprint density at radius 1 is 1.03 bits per heavy atom. The van der Waals surface area contributed by atoms with Crippen LogP contribution in [-0.4, -0.2) is 83.2 Å². The highest BCUT2D eigenvalue weighted by Gasteiger charge is 2.34. The van der Waals surface area contributed by atoms with Crippen molar-refractivity contribution in [3.8, 4) is 17.2 Å². The van der Waals surface area contributed by atoms with Crippen molar-refractivity contribution in [3.05, 3.63) is 48.0 Å². The van der Waals surface area contributed by atoms with E-state index in [2.05, 4.69) is 10.6 Å². The number of hydrogen-bond donors (Lipinski definition) is 2. The molecule has 3 rings (SSSR count). The number of ether oxygens (including phenoxy) is 5. The van der Waals surface area contributed by atoms with E-state index >= 15 is 0 Å². The molecule has 2 aromatic carbocycles. The minimum atomic E-state index is -0.551. The number of nitrogens with one attached hydrogen (secondary N) is 2. The van der Waals surface area contributed by atoms with Crippen LogP contribution in [0.2, 0.25) is 0 Å². The summed E-state index contributed by atoms with van der Waals surface area (Å²) in [4.78, 5) is 28.0. The SMILES string of the molecule is COCCCOc1cc(C(=O)N(C[C@@H]2CNCC2OC(=O)Nc2cccc(OC)c2)C(C)C)ccc1OC. The van der Waals surface area contributed by atoms with Gasteiger partial charge in [-0.2, -0.15) is 0 Å². The predicted molar refractivity (Wildman–Crippen MR) is 144 cm³/mol. The first kappa shape index (κ1) is 29.1. The van der Waals surface area contributed by atoms with Crippen LogP contribution in [0.1, 0.15) is 30.6 Å². The molecule has 1 aliphatic heterocycles. The molecule has 0 bridgehead atoms. The molecule has 2 amide bonds. The average Bonchev–Trinajstić information content (AvgIpc) is 3.35. The second kappa shape index (κ2) is 14.4. The molecular weight excluding hydrogens is 490 g/mol. The maximum absolute atomic E-state index is 13.6. The van der Waals surface area contributed by atoms with Gasteiger partial charge in [0.1, 0.15) is 11.9 Å². The topological polar surface area (TPSA) is 108 Å². The molecule has 2 atom stereocenters. The van der Waals surface area contributed by atoms with Crippen LogP contribution in [-0.2, 0) is 9.47 Å². The highest BCUT2D eigenvalue weighted by atomic mass is 16.6. The summed E-state index contributed by atoms with van der Waals surface area (Å²) in [5.74, 6) is 1.51. The Labute approximate surface area is 224 Å². The van der Waals surface area contributed by atoms with Crippen molar-refractivity contribution in [2.24, 2.45) is 5.92 Å². The fourth-order valence-electron chi connectivity index (χ4n) is 4.27. The standard InChI is InChI=1S/C28H39N3O7/c1-19(2)31(27(32)20-10-11-24(36-5)25(14-20)37-13-7-12-34-3)18-21-16-29-17-26(21)38-28(33)30-22-8-6-9-23(15-22)35-4/h6,8-11,14-15,19,21,26,29H,7,12-13,16-18H2,1-5H3,(H,30,33)/t21-,26?/m0/s1. The van der Waals surface area contributed by atoms with Crippen molar-refractivity contribution < 1.29 is 33.3 Å². The number of carbonyl (C=O) groups is 2. The van der Waals surface area contributed by atoms with Crippen molar-refractivity contribution in [2.45, 2.75) is 32.4 Å². The zero-order valence-electron chi connectivity index (χ0n) is 22.8. The van der Waals surface area contributed by atoms with E-state index in [1.807, 2.05) is 13.8 Å². The first-order chi connectivity index (χ1) is 18.4. The second-order valence-corrected chi connectivity index (χ2v) is 9.33. The average molecular weight is 530 g/mol.